The van der Waals surface area contributed by atoms with Crippen LogP contribution in [0.25, 0.3) is 0 Å². The molecule has 0 saturated carbocycles. The van der Waals surface area contributed by atoms with Crippen molar-refractivity contribution in [3.8, 4) is 0 Å². The molecule has 2 rings (SSSR count). The number of carbonyl (C=O) groups excluding carboxylic acids is 1. The predicted octanol–water partition coefficient (Wildman–Crippen LogP) is 0.904. The summed E-state index contributed by atoms with van der Waals surface area (Å²) < 4.78 is 26.8. The van der Waals surface area contributed by atoms with Gasteiger partial charge in [0.05, 0.1) is 5.41 Å². The zero-order chi connectivity index (χ0) is 14.2. The minimum atomic E-state index is -0.880. The highest BCUT2D eigenvalue weighted by atomic mass is 19.1. The van der Waals surface area contributed by atoms with Gasteiger partial charge in [-0.15, -0.1) is 0 Å². The Morgan fingerprint density at radius 1 is 1.53 bits per heavy atom. The predicted molar refractivity (Wildman–Crippen MR) is 67.6 cm³/mol. The molecule has 1 aliphatic rings. The first-order chi connectivity index (χ1) is 8.87. The zero-order valence-electron chi connectivity index (χ0n) is 10.8. The lowest BCUT2D eigenvalue weighted by Gasteiger charge is -2.23. The molecule has 0 radical (unpaired) electrons. The van der Waals surface area contributed by atoms with Crippen LogP contribution in [0.4, 0.5) is 20.4 Å². The summed E-state index contributed by atoms with van der Waals surface area (Å²) in [5.41, 5.74) is 4.75. The maximum Gasteiger partial charge on any atom is 0.227 e. The van der Waals surface area contributed by atoms with Crippen LogP contribution < -0.4 is 16.0 Å². The normalized spacial score (nSPS) is 22.6. The van der Waals surface area contributed by atoms with Crippen LogP contribution in [-0.4, -0.2) is 31.0 Å². The molecule has 1 aromatic heterocycles. The van der Waals surface area contributed by atoms with Gasteiger partial charge in [-0.1, -0.05) is 0 Å². The molecule has 1 amide bonds. The summed E-state index contributed by atoms with van der Waals surface area (Å²) in [7, 11) is 1.56. The molecule has 5 nitrogen and oxygen atoms in total. The van der Waals surface area contributed by atoms with Crippen molar-refractivity contribution in [3.05, 3.63) is 17.7 Å². The van der Waals surface area contributed by atoms with Crippen molar-refractivity contribution in [2.45, 2.75) is 13.3 Å². The number of carbonyl (C=O) groups is 1. The molecule has 0 aliphatic carbocycles. The van der Waals surface area contributed by atoms with Crippen LogP contribution in [0.5, 0.6) is 0 Å². The molecule has 1 aliphatic heterocycles. The molecule has 2 heterocycles. The molecule has 19 heavy (non-hydrogen) atoms. The Balaban J connectivity index is 2.26. The summed E-state index contributed by atoms with van der Waals surface area (Å²) in [6.45, 7) is 2.59. The van der Waals surface area contributed by atoms with E-state index in [2.05, 4.69) is 10.3 Å². The standard InChI is InChI=1S/C12H16F2N4O/c1-12(11(19)16-2)3-4-18(6-12)10-8(14)5-7(13)9(15)17-10/h5H,3-4,6H2,1-2H3,(H2,15,17)(H,16,19). The Morgan fingerprint density at radius 2 is 2.21 bits per heavy atom. The van der Waals surface area contributed by atoms with Crippen LogP contribution in [0.2, 0.25) is 0 Å². The van der Waals surface area contributed by atoms with E-state index in [-0.39, 0.29) is 17.5 Å². The molecule has 0 spiro atoms. The lowest BCUT2D eigenvalue weighted by molar-refractivity contribution is -0.128. The van der Waals surface area contributed by atoms with E-state index in [0.717, 1.165) is 0 Å². The average Bonchev–Trinajstić information content (AvgIpc) is 2.76. The van der Waals surface area contributed by atoms with Gasteiger partial charge in [0.15, 0.2) is 23.3 Å². The van der Waals surface area contributed by atoms with Gasteiger partial charge in [0.25, 0.3) is 0 Å². The lowest BCUT2D eigenvalue weighted by Crippen LogP contribution is -2.39. The van der Waals surface area contributed by atoms with Crippen LogP contribution in [0.15, 0.2) is 6.07 Å². The van der Waals surface area contributed by atoms with Gasteiger partial charge in [-0.2, -0.15) is 0 Å². The SMILES string of the molecule is CNC(=O)C1(C)CCN(c2nc(N)c(F)cc2F)C1. The largest absolute Gasteiger partial charge is 0.381 e. The van der Waals surface area contributed by atoms with Crippen LogP contribution in [-0.2, 0) is 4.79 Å². The number of hydrogen-bond acceptors (Lipinski definition) is 4. The number of nitrogens with zero attached hydrogens (tertiary/aromatic N) is 2. The molecule has 104 valence electrons. The highest BCUT2D eigenvalue weighted by Crippen LogP contribution is 2.34. The summed E-state index contributed by atoms with van der Waals surface area (Å²) in [4.78, 5) is 17.1. The summed E-state index contributed by atoms with van der Waals surface area (Å²) in [6.07, 6.45) is 0.574. The number of anilines is 2. The average molecular weight is 270 g/mol. The number of halogens is 2. The quantitative estimate of drug-likeness (QED) is 0.837. The fourth-order valence-electron chi connectivity index (χ4n) is 2.32. The van der Waals surface area contributed by atoms with Crippen LogP contribution in [0, 0.1) is 17.0 Å². The van der Waals surface area contributed by atoms with Gasteiger partial charge >= 0.3 is 0 Å². The Morgan fingerprint density at radius 3 is 2.84 bits per heavy atom. The zero-order valence-corrected chi connectivity index (χ0v) is 10.8. The molecule has 1 fully saturated rings. The maximum absolute atomic E-state index is 13.7. The van der Waals surface area contributed by atoms with Gasteiger partial charge in [0.2, 0.25) is 5.91 Å². The molecule has 3 N–H and O–H groups in total. The van der Waals surface area contributed by atoms with Gasteiger partial charge in [-0.25, -0.2) is 13.8 Å². The van der Waals surface area contributed by atoms with Crippen molar-refractivity contribution in [2.24, 2.45) is 5.41 Å². The third-order valence-corrected chi connectivity index (χ3v) is 3.49. The third kappa shape index (κ3) is 2.32. The first-order valence-corrected chi connectivity index (χ1v) is 5.96. The smallest absolute Gasteiger partial charge is 0.227 e. The van der Waals surface area contributed by atoms with Crippen molar-refractivity contribution in [1.29, 1.82) is 0 Å². The highest BCUT2D eigenvalue weighted by molar-refractivity contribution is 5.83. The van der Waals surface area contributed by atoms with E-state index in [0.29, 0.717) is 25.6 Å². The van der Waals surface area contributed by atoms with E-state index in [1.54, 1.807) is 18.9 Å². The van der Waals surface area contributed by atoms with Crippen molar-refractivity contribution in [3.63, 3.8) is 0 Å². The van der Waals surface area contributed by atoms with Crippen LogP contribution >= 0.6 is 0 Å². The van der Waals surface area contributed by atoms with Crippen LogP contribution in [0.1, 0.15) is 13.3 Å². The van der Waals surface area contributed by atoms with Crippen LogP contribution in [0.3, 0.4) is 0 Å². The van der Waals surface area contributed by atoms with E-state index in [1.165, 1.54) is 0 Å². The lowest BCUT2D eigenvalue weighted by atomic mass is 9.89. The Bertz CT molecular complexity index is 523. The summed E-state index contributed by atoms with van der Waals surface area (Å²) in [6, 6.07) is 0.715. The van der Waals surface area contributed by atoms with E-state index < -0.39 is 17.0 Å². The number of hydrogen-bond donors (Lipinski definition) is 2. The second kappa shape index (κ2) is 4.64. The van der Waals surface area contributed by atoms with Crippen molar-refractivity contribution < 1.29 is 13.6 Å². The van der Waals surface area contributed by atoms with E-state index in [1.807, 2.05) is 0 Å². The number of aromatic nitrogens is 1. The van der Waals surface area contributed by atoms with E-state index >= 15 is 0 Å². The van der Waals surface area contributed by atoms with Crippen molar-refractivity contribution >= 4 is 17.5 Å². The molecule has 1 atom stereocenters. The molecule has 0 aromatic carbocycles. The second-order valence-corrected chi connectivity index (χ2v) is 4.97. The fraction of sp³-hybridized carbons (Fsp3) is 0.500. The molecule has 7 heteroatoms. The van der Waals surface area contributed by atoms with Gasteiger partial charge in [0, 0.05) is 26.2 Å². The van der Waals surface area contributed by atoms with Gasteiger partial charge < -0.3 is 16.0 Å². The maximum atomic E-state index is 13.7. The first-order valence-electron chi connectivity index (χ1n) is 5.96. The second-order valence-electron chi connectivity index (χ2n) is 4.97. The molecule has 0 bridgehead atoms. The monoisotopic (exact) mass is 270 g/mol. The summed E-state index contributed by atoms with van der Waals surface area (Å²) in [5, 5.41) is 2.59. The molecular weight excluding hydrogens is 254 g/mol. The van der Waals surface area contributed by atoms with E-state index in [4.69, 9.17) is 5.73 Å². The Hall–Kier alpha value is -1.92. The number of rotatable bonds is 2. The Labute approximate surface area is 109 Å². The number of nitrogens with one attached hydrogen (secondary N) is 1. The fourth-order valence-corrected chi connectivity index (χ4v) is 2.32. The third-order valence-electron chi connectivity index (χ3n) is 3.49. The van der Waals surface area contributed by atoms with Gasteiger partial charge in [-0.3, -0.25) is 4.79 Å². The first kappa shape index (κ1) is 13.5. The van der Waals surface area contributed by atoms with E-state index in [9.17, 15) is 13.6 Å². The number of pyridine rings is 1. The minimum Gasteiger partial charge on any atom is -0.381 e. The minimum absolute atomic E-state index is 0.00784. The number of amides is 1. The number of nitrogens with two attached hydrogens (primary N) is 1. The number of nitrogen functional groups attached to an aromatic ring is 1. The Kier molecular flexibility index (Phi) is 3.30. The summed E-state index contributed by atoms with van der Waals surface area (Å²) in [5.74, 6) is -2.11. The highest BCUT2D eigenvalue weighted by Gasteiger charge is 2.41. The molecule has 1 saturated heterocycles. The van der Waals surface area contributed by atoms with Crippen molar-refractivity contribution in [2.75, 3.05) is 30.8 Å². The van der Waals surface area contributed by atoms with Gasteiger partial charge in [-0.05, 0) is 13.3 Å². The molecular formula is C12H16F2N4O. The molecule has 1 unspecified atom stereocenters. The summed E-state index contributed by atoms with van der Waals surface area (Å²) >= 11 is 0. The van der Waals surface area contributed by atoms with Crippen molar-refractivity contribution in [1.82, 2.24) is 10.3 Å². The molecule has 1 aromatic rings. The topological polar surface area (TPSA) is 71.2 Å². The van der Waals surface area contributed by atoms with Gasteiger partial charge in [0.1, 0.15) is 0 Å².